The van der Waals surface area contributed by atoms with E-state index in [1.54, 1.807) is 36.5 Å². The minimum Gasteiger partial charge on any atom is -0.508 e. The molecule has 6 aromatic rings. The Morgan fingerprint density at radius 1 is 0.716 bits per heavy atom. The van der Waals surface area contributed by atoms with Crippen LogP contribution in [-0.2, 0) is 73.6 Å². The number of aromatic nitrogens is 3. The number of carboxylic acid groups (broad SMARTS) is 1. The first-order chi connectivity index (χ1) is 45.4. The number of hydrogen-bond donors (Lipinski definition) is 16. The maximum absolute atomic E-state index is 15.4. The third kappa shape index (κ3) is 20.5. The van der Waals surface area contributed by atoms with Crippen molar-refractivity contribution in [1.29, 1.82) is 5.41 Å². The number of guanidine groups is 1. The second-order valence-electron chi connectivity index (χ2n) is 24.1. The van der Waals surface area contributed by atoms with Crippen LogP contribution < -0.4 is 54.0 Å². The van der Waals surface area contributed by atoms with E-state index in [9.17, 15) is 53.7 Å². The van der Waals surface area contributed by atoms with E-state index in [0.717, 1.165) is 10.8 Å². The number of nitrogens with two attached hydrogens (primary N) is 2. The first-order valence-electron chi connectivity index (χ1n) is 31.5. The van der Waals surface area contributed by atoms with Gasteiger partial charge in [-0.2, -0.15) is 0 Å². The highest BCUT2D eigenvalue weighted by molar-refractivity contribution is 5.99. The third-order valence-electron chi connectivity index (χ3n) is 16.5. The summed E-state index contributed by atoms with van der Waals surface area (Å²) in [6, 6.07) is 13.4. The largest absolute Gasteiger partial charge is 0.508 e. The molecule has 29 heteroatoms. The zero-order valence-electron chi connectivity index (χ0n) is 53.5. The van der Waals surface area contributed by atoms with Gasteiger partial charge in [-0.05, 0) is 90.1 Å². The molecule has 1 fully saturated rings. The second-order valence-corrected chi connectivity index (χ2v) is 24.1. The highest BCUT2D eigenvalue weighted by Gasteiger charge is 2.41. The maximum Gasteiger partial charge on any atom is 0.303 e. The van der Waals surface area contributed by atoms with E-state index >= 15 is 9.59 Å². The lowest BCUT2D eigenvalue weighted by Gasteiger charge is -2.34. The first kappa shape index (κ1) is 72.0. The molecule has 0 radical (unpaired) electrons. The molecule has 7 rings (SSSR count). The average Bonchev–Trinajstić information content (AvgIpc) is 1.82. The fourth-order valence-corrected chi connectivity index (χ4v) is 11.4. The Labute approximate surface area is 548 Å². The molecule has 29 nitrogen and oxygen atoms in total. The SMILES string of the molecule is CNC(=O)[C@@H]1CCCN1C(=O)[C@H](CCCNC(=N)N)NC(=O)[C@H](CC(C)C)N(C)C(=O)[C@@H](Cc1ccc2ccccc2c1)NC(=O)[C@H](Cc1ccc(O)cc1)NC(=O)[C@H](CO)NC(=O)[C@H](Cc1c[nH]c2ccccc12)NC(=O)[C@H](Cc1c[nH]cn1)NC(=O)[C@@H](N)CCC(=O)O. The van der Waals surface area contributed by atoms with E-state index in [1.165, 1.54) is 60.7 Å². The van der Waals surface area contributed by atoms with Crippen LogP contribution in [-0.4, -0.2) is 193 Å². The molecule has 9 amide bonds. The Kier molecular flexibility index (Phi) is 26.1. The average molecular weight is 1310 g/mol. The summed E-state index contributed by atoms with van der Waals surface area (Å²) in [6.45, 7) is 3.07. The number of imidazole rings is 1. The molecule has 9 atom stereocenters. The number of phenolic OH excluding ortho intramolecular Hbond substituents is 1. The number of nitrogens with zero attached hydrogens (tertiary/aromatic N) is 3. The molecule has 0 unspecified atom stereocenters. The van der Waals surface area contributed by atoms with E-state index < -0.39 is 121 Å². The van der Waals surface area contributed by atoms with Gasteiger partial charge in [0.2, 0.25) is 53.2 Å². The molecule has 0 spiro atoms. The van der Waals surface area contributed by atoms with E-state index in [1.807, 2.05) is 50.2 Å². The molecule has 0 saturated carbocycles. The highest BCUT2D eigenvalue weighted by atomic mass is 16.4. The number of aliphatic hydroxyl groups is 1. The lowest BCUT2D eigenvalue weighted by atomic mass is 9.97. The monoisotopic (exact) mass is 1310 g/mol. The first-order valence-corrected chi connectivity index (χ1v) is 31.5. The number of carboxylic acids is 1. The summed E-state index contributed by atoms with van der Waals surface area (Å²) in [5, 5.41) is 61.8. The summed E-state index contributed by atoms with van der Waals surface area (Å²) in [5.74, 6) is -8.91. The molecule has 18 N–H and O–H groups in total. The summed E-state index contributed by atoms with van der Waals surface area (Å²) in [5.41, 5.74) is 14.1. The van der Waals surface area contributed by atoms with Crippen molar-refractivity contribution in [2.45, 2.75) is 139 Å². The number of H-pyrrole nitrogens is 2. The van der Waals surface area contributed by atoms with Crippen LogP contribution in [0, 0.1) is 11.3 Å². The van der Waals surface area contributed by atoms with Gasteiger partial charge in [-0.25, -0.2) is 4.98 Å². The van der Waals surface area contributed by atoms with Crippen LogP contribution in [0.4, 0.5) is 0 Å². The summed E-state index contributed by atoms with van der Waals surface area (Å²) in [6.07, 6.45) is 4.23. The number of nitrogens with one attached hydrogen (secondary N) is 11. The molecule has 508 valence electrons. The molecule has 3 heterocycles. The zero-order valence-corrected chi connectivity index (χ0v) is 53.5. The number of para-hydroxylation sites is 1. The van der Waals surface area contributed by atoms with Gasteiger partial charge in [0.15, 0.2) is 5.96 Å². The molecular weight excluding hydrogens is 1220 g/mol. The van der Waals surface area contributed by atoms with Gasteiger partial charge in [0.05, 0.1) is 24.7 Å². The fourth-order valence-electron chi connectivity index (χ4n) is 11.4. The van der Waals surface area contributed by atoms with Crippen molar-refractivity contribution in [3.8, 4) is 5.75 Å². The van der Waals surface area contributed by atoms with Crippen LogP contribution >= 0.6 is 0 Å². The van der Waals surface area contributed by atoms with Gasteiger partial charge < -0.3 is 89.1 Å². The van der Waals surface area contributed by atoms with Gasteiger partial charge >= 0.3 is 5.97 Å². The van der Waals surface area contributed by atoms with Crippen molar-refractivity contribution in [3.63, 3.8) is 0 Å². The van der Waals surface area contributed by atoms with Gasteiger partial charge in [-0.1, -0.05) is 86.6 Å². The van der Waals surface area contributed by atoms with E-state index in [4.69, 9.17) is 16.9 Å². The molecule has 95 heavy (non-hydrogen) atoms. The number of likely N-dealkylation sites (tertiary alicyclic amines) is 1. The molecule has 0 bridgehead atoms. The standard InChI is InChI=1S/C66H86N16O13/c1-37(2)27-55(63(93)75-48(15-9-25-72-66(68)69)65(95)82-26-10-16-54(82)62(92)70-3)81(4)64(94)52(30-39-17-20-40-11-5-6-12-41(40)28-39)79-58(88)49(29-38-18-21-44(84)22-19-38)77-61(91)53(35-83)80-59(89)50(31-42-33-73-47-14-8-7-13-45(42)47)78-60(90)51(32-43-34-71-36-74-43)76-57(87)46(67)23-24-56(85)86/h5-8,11-14,17-22,28,33-34,36-37,46,48-55,73,83-84H,9-10,15-16,23-27,29-32,35,67H2,1-4H3,(H,70,92)(H,71,74)(H,75,93)(H,76,87)(H,77,91)(H,78,90)(H,79,88)(H,80,89)(H,85,86)(H4,68,69,72)/t46-,48-,49-,50-,51-,52+,53-,54-,55-/m0/s1. The molecular formula is C66H86N16O13. The number of amides is 9. The lowest BCUT2D eigenvalue weighted by molar-refractivity contribution is -0.145. The number of aromatic hydroxyl groups is 1. The van der Waals surface area contributed by atoms with Crippen LogP contribution in [0.1, 0.15) is 81.2 Å². The van der Waals surface area contributed by atoms with Crippen LogP contribution in [0.2, 0.25) is 0 Å². The number of aliphatic carboxylic acids is 1. The van der Waals surface area contributed by atoms with Gasteiger partial charge in [0.1, 0.15) is 54.1 Å². The quantitative estimate of drug-likeness (QED) is 0.0143. The zero-order chi connectivity index (χ0) is 68.9. The van der Waals surface area contributed by atoms with Crippen LogP contribution in [0.25, 0.3) is 21.7 Å². The third-order valence-corrected chi connectivity index (χ3v) is 16.5. The summed E-state index contributed by atoms with van der Waals surface area (Å²) in [7, 11) is 2.87. The predicted octanol–water partition coefficient (Wildman–Crippen LogP) is -0.0130. The minimum atomic E-state index is -1.82. The van der Waals surface area contributed by atoms with Crippen molar-refractivity contribution in [2.24, 2.45) is 17.4 Å². The highest BCUT2D eigenvalue weighted by Crippen LogP contribution is 2.24. The minimum absolute atomic E-state index is 0.0655. The summed E-state index contributed by atoms with van der Waals surface area (Å²) in [4.78, 5) is 154. The van der Waals surface area contributed by atoms with Crippen molar-refractivity contribution in [3.05, 3.63) is 132 Å². The number of aliphatic hydroxyl groups excluding tert-OH is 1. The van der Waals surface area contributed by atoms with Crippen LogP contribution in [0.3, 0.4) is 0 Å². The number of hydrogen-bond acceptors (Lipinski definition) is 15. The summed E-state index contributed by atoms with van der Waals surface area (Å²) < 4.78 is 0. The van der Waals surface area contributed by atoms with Crippen molar-refractivity contribution >= 4 is 86.8 Å². The van der Waals surface area contributed by atoms with Crippen LogP contribution in [0.15, 0.2) is 110 Å². The molecule has 0 aliphatic carbocycles. The van der Waals surface area contributed by atoms with Crippen molar-refractivity contribution in [2.75, 3.05) is 33.8 Å². The number of carbonyl (C=O) groups excluding carboxylic acids is 9. The van der Waals surface area contributed by atoms with E-state index in [2.05, 4.69) is 57.5 Å². The van der Waals surface area contributed by atoms with Gasteiger partial charge in [-0.15, -0.1) is 0 Å². The Bertz CT molecular complexity index is 3670. The number of carbonyl (C=O) groups is 10. The fraction of sp³-hybridized carbons (Fsp3) is 0.424. The molecule has 4 aromatic carbocycles. The Hall–Kier alpha value is -10.4. The Morgan fingerprint density at radius 3 is 1.97 bits per heavy atom. The number of benzene rings is 4. The van der Waals surface area contributed by atoms with E-state index in [0.29, 0.717) is 46.1 Å². The number of aromatic amines is 2. The predicted molar refractivity (Wildman–Crippen MR) is 351 cm³/mol. The smallest absolute Gasteiger partial charge is 0.303 e. The summed E-state index contributed by atoms with van der Waals surface area (Å²) >= 11 is 0. The van der Waals surface area contributed by atoms with Crippen molar-refractivity contribution in [1.82, 2.24) is 67.3 Å². The van der Waals surface area contributed by atoms with E-state index in [-0.39, 0.29) is 88.0 Å². The van der Waals surface area contributed by atoms with Gasteiger partial charge in [-0.3, -0.25) is 53.4 Å². The van der Waals surface area contributed by atoms with Gasteiger partial charge in [0, 0.05) is 82.6 Å². The normalized spacial score (nSPS) is 15.4. The topological polar surface area (TPSA) is 454 Å². The second kappa shape index (κ2) is 34.5. The number of likely N-dealkylation sites (N-methyl/N-ethyl adjacent to an activating group) is 2. The maximum atomic E-state index is 15.4. The number of fused-ring (bicyclic) bond motifs is 2. The number of phenols is 1. The van der Waals surface area contributed by atoms with Gasteiger partial charge in [0.25, 0.3) is 0 Å². The molecule has 1 aliphatic rings. The number of rotatable bonds is 34. The Balaban J connectivity index is 1.18. The Morgan fingerprint density at radius 2 is 1.32 bits per heavy atom. The van der Waals surface area contributed by atoms with Crippen LogP contribution in [0.5, 0.6) is 5.75 Å². The molecule has 1 saturated heterocycles. The molecule has 1 aliphatic heterocycles. The lowest BCUT2D eigenvalue weighted by Crippen LogP contribution is -2.62. The van der Waals surface area contributed by atoms with Crippen molar-refractivity contribution < 1.29 is 63.3 Å². The molecule has 2 aromatic heterocycles.